The zero-order valence-corrected chi connectivity index (χ0v) is 11.6. The van der Waals surface area contributed by atoms with E-state index in [0.717, 1.165) is 48.8 Å². The molecule has 0 radical (unpaired) electrons. The van der Waals surface area contributed by atoms with Crippen molar-refractivity contribution in [1.29, 1.82) is 0 Å². The van der Waals surface area contributed by atoms with Crippen LogP contribution in [0.3, 0.4) is 0 Å². The Balaban J connectivity index is 1.68. The van der Waals surface area contributed by atoms with Crippen molar-refractivity contribution in [1.82, 2.24) is 24.8 Å². The number of aromatic nitrogens is 5. The van der Waals surface area contributed by atoms with Gasteiger partial charge in [-0.15, -0.1) is 5.10 Å². The van der Waals surface area contributed by atoms with Crippen molar-refractivity contribution >= 4 is 11.5 Å². The van der Waals surface area contributed by atoms with Gasteiger partial charge < -0.3 is 10.6 Å². The molecule has 1 saturated heterocycles. The minimum Gasteiger partial charge on any atom is -0.338 e. The fraction of sp³-hybridized carbons (Fsp3) is 0.357. The maximum atomic E-state index is 6.02. The van der Waals surface area contributed by atoms with Crippen molar-refractivity contribution in [2.75, 3.05) is 18.0 Å². The Morgan fingerprint density at radius 3 is 3.19 bits per heavy atom. The Morgan fingerprint density at radius 1 is 1.33 bits per heavy atom. The average Bonchev–Trinajstić information content (AvgIpc) is 3.14. The minimum atomic E-state index is 0.206. The second kappa shape index (κ2) is 4.85. The van der Waals surface area contributed by atoms with E-state index in [1.807, 2.05) is 35.1 Å². The Hall–Kier alpha value is -2.41. The number of H-pyrrole nitrogens is 1. The lowest BCUT2D eigenvalue weighted by molar-refractivity contribution is 0.500. The molecule has 1 fully saturated rings. The molecule has 4 rings (SSSR count). The largest absolute Gasteiger partial charge is 0.338 e. The summed E-state index contributed by atoms with van der Waals surface area (Å²) in [5.74, 6) is 1.46. The second-order valence-corrected chi connectivity index (χ2v) is 5.42. The van der Waals surface area contributed by atoms with E-state index < -0.39 is 0 Å². The molecule has 4 heterocycles. The number of anilines is 1. The fourth-order valence-corrected chi connectivity index (χ4v) is 2.82. The number of hydrogen-bond donors (Lipinski definition) is 2. The molecule has 7 nitrogen and oxygen atoms in total. The molecule has 1 aliphatic heterocycles. The maximum Gasteiger partial charge on any atom is 0.245 e. The van der Waals surface area contributed by atoms with Gasteiger partial charge in [0.15, 0.2) is 5.82 Å². The van der Waals surface area contributed by atoms with Gasteiger partial charge in [0.1, 0.15) is 0 Å². The molecule has 0 bridgehead atoms. The maximum absolute atomic E-state index is 6.02. The molecule has 1 aliphatic rings. The average molecular weight is 283 g/mol. The highest BCUT2D eigenvalue weighted by Gasteiger charge is 2.21. The van der Waals surface area contributed by atoms with Gasteiger partial charge in [0.05, 0.1) is 17.3 Å². The molecule has 7 heteroatoms. The monoisotopic (exact) mass is 283 g/mol. The normalized spacial score (nSPS) is 19.3. The third-order valence-electron chi connectivity index (χ3n) is 3.90. The van der Waals surface area contributed by atoms with Crippen LogP contribution in [0.1, 0.15) is 12.8 Å². The highest BCUT2D eigenvalue weighted by atomic mass is 15.4. The van der Waals surface area contributed by atoms with Crippen LogP contribution in [0.2, 0.25) is 0 Å². The predicted octanol–water partition coefficient (Wildman–Crippen LogP) is 1.05. The lowest BCUT2D eigenvalue weighted by Crippen LogP contribution is -2.43. The molecule has 0 amide bonds. The summed E-state index contributed by atoms with van der Waals surface area (Å²) < 4.78 is 1.83. The topological polar surface area (TPSA) is 88.1 Å². The van der Waals surface area contributed by atoms with E-state index in [1.54, 1.807) is 0 Å². The van der Waals surface area contributed by atoms with E-state index in [9.17, 15) is 0 Å². The first kappa shape index (κ1) is 12.3. The van der Waals surface area contributed by atoms with Gasteiger partial charge in [-0.2, -0.15) is 10.1 Å². The third-order valence-corrected chi connectivity index (χ3v) is 3.90. The summed E-state index contributed by atoms with van der Waals surface area (Å²) in [6.45, 7) is 1.77. The van der Waals surface area contributed by atoms with Crippen molar-refractivity contribution in [3.05, 3.63) is 30.6 Å². The van der Waals surface area contributed by atoms with Crippen LogP contribution >= 0.6 is 0 Å². The molecule has 0 aliphatic carbocycles. The molecule has 108 valence electrons. The van der Waals surface area contributed by atoms with Crippen LogP contribution in [0.4, 0.5) is 5.95 Å². The molecule has 3 aromatic heterocycles. The number of pyridine rings is 1. The summed E-state index contributed by atoms with van der Waals surface area (Å²) in [5.41, 5.74) is 7.98. The Kier molecular flexibility index (Phi) is 2.85. The van der Waals surface area contributed by atoms with Gasteiger partial charge in [0, 0.05) is 25.3 Å². The number of nitrogens with zero attached hydrogens (tertiary/aromatic N) is 5. The van der Waals surface area contributed by atoms with Crippen LogP contribution in [-0.2, 0) is 0 Å². The molecule has 21 heavy (non-hydrogen) atoms. The SMILES string of the molecule is NC1CCCN(c2n[nH]c(-c3cnn4ccccc34)n2)C1. The van der Waals surface area contributed by atoms with E-state index in [-0.39, 0.29) is 6.04 Å². The first-order valence-corrected chi connectivity index (χ1v) is 7.17. The summed E-state index contributed by atoms with van der Waals surface area (Å²) in [5, 5.41) is 11.7. The van der Waals surface area contributed by atoms with Crippen molar-refractivity contribution in [3.8, 4) is 11.4 Å². The van der Waals surface area contributed by atoms with Crippen LogP contribution in [0.25, 0.3) is 16.9 Å². The first-order chi connectivity index (χ1) is 10.3. The number of piperidine rings is 1. The van der Waals surface area contributed by atoms with Crippen molar-refractivity contribution in [2.24, 2.45) is 5.73 Å². The highest BCUT2D eigenvalue weighted by Crippen LogP contribution is 2.23. The quantitative estimate of drug-likeness (QED) is 0.734. The molecular weight excluding hydrogens is 266 g/mol. The summed E-state index contributed by atoms with van der Waals surface area (Å²) in [7, 11) is 0. The van der Waals surface area contributed by atoms with Gasteiger partial charge in [-0.05, 0) is 25.0 Å². The van der Waals surface area contributed by atoms with Crippen LogP contribution in [-0.4, -0.2) is 43.9 Å². The lowest BCUT2D eigenvalue weighted by atomic mass is 10.1. The van der Waals surface area contributed by atoms with Gasteiger partial charge in [0.2, 0.25) is 5.95 Å². The van der Waals surface area contributed by atoms with E-state index in [4.69, 9.17) is 5.73 Å². The molecule has 0 aromatic carbocycles. The molecular formula is C14H17N7. The van der Waals surface area contributed by atoms with E-state index in [2.05, 4.69) is 25.2 Å². The summed E-state index contributed by atoms with van der Waals surface area (Å²) in [6, 6.07) is 6.16. The number of fused-ring (bicyclic) bond motifs is 1. The first-order valence-electron chi connectivity index (χ1n) is 7.17. The zero-order valence-electron chi connectivity index (χ0n) is 11.6. The van der Waals surface area contributed by atoms with Gasteiger partial charge in [-0.25, -0.2) is 4.52 Å². The van der Waals surface area contributed by atoms with Gasteiger partial charge in [-0.3, -0.25) is 5.10 Å². The summed E-state index contributed by atoms with van der Waals surface area (Å²) in [4.78, 5) is 6.75. The molecule has 0 spiro atoms. The summed E-state index contributed by atoms with van der Waals surface area (Å²) >= 11 is 0. The molecule has 0 saturated carbocycles. The van der Waals surface area contributed by atoms with Crippen LogP contribution in [0.15, 0.2) is 30.6 Å². The predicted molar refractivity (Wildman–Crippen MR) is 80.0 cm³/mol. The van der Waals surface area contributed by atoms with Gasteiger partial charge in [-0.1, -0.05) is 6.07 Å². The van der Waals surface area contributed by atoms with E-state index in [0.29, 0.717) is 0 Å². The molecule has 3 N–H and O–H groups in total. The van der Waals surface area contributed by atoms with Gasteiger partial charge in [0.25, 0.3) is 0 Å². The lowest BCUT2D eigenvalue weighted by Gasteiger charge is -2.29. The van der Waals surface area contributed by atoms with Crippen LogP contribution in [0, 0.1) is 0 Å². The minimum absolute atomic E-state index is 0.206. The number of aromatic amines is 1. The zero-order chi connectivity index (χ0) is 14.2. The number of nitrogens with two attached hydrogens (primary N) is 1. The number of hydrogen-bond acceptors (Lipinski definition) is 5. The Morgan fingerprint density at radius 2 is 2.29 bits per heavy atom. The number of rotatable bonds is 2. The number of nitrogens with one attached hydrogen (secondary N) is 1. The second-order valence-electron chi connectivity index (χ2n) is 5.42. The van der Waals surface area contributed by atoms with Crippen molar-refractivity contribution < 1.29 is 0 Å². The van der Waals surface area contributed by atoms with E-state index in [1.165, 1.54) is 0 Å². The molecule has 3 aromatic rings. The van der Waals surface area contributed by atoms with Crippen LogP contribution in [0.5, 0.6) is 0 Å². The van der Waals surface area contributed by atoms with Gasteiger partial charge >= 0.3 is 0 Å². The van der Waals surface area contributed by atoms with Crippen LogP contribution < -0.4 is 10.6 Å². The third kappa shape index (κ3) is 2.15. The molecule has 1 atom stereocenters. The molecule has 1 unspecified atom stereocenters. The van der Waals surface area contributed by atoms with E-state index >= 15 is 0 Å². The fourth-order valence-electron chi connectivity index (χ4n) is 2.82. The smallest absolute Gasteiger partial charge is 0.245 e. The Bertz CT molecular complexity index is 759. The van der Waals surface area contributed by atoms with Crippen molar-refractivity contribution in [2.45, 2.75) is 18.9 Å². The standard InChI is InChI=1S/C14H17N7/c15-10-4-3-6-20(9-10)14-17-13(18-19-14)11-8-16-21-7-2-1-5-12(11)21/h1-2,5,7-8,10H,3-4,6,9,15H2,(H,17,18,19). The summed E-state index contributed by atoms with van der Waals surface area (Å²) in [6.07, 6.45) is 5.88. The highest BCUT2D eigenvalue weighted by molar-refractivity contribution is 5.75. The van der Waals surface area contributed by atoms with Crippen molar-refractivity contribution in [3.63, 3.8) is 0 Å². The Labute approximate surface area is 121 Å².